The monoisotopic (exact) mass is 228 g/mol. The van der Waals surface area contributed by atoms with E-state index in [0.717, 1.165) is 17.5 Å². The largest absolute Gasteiger partial charge is 0.330 e. The van der Waals surface area contributed by atoms with Gasteiger partial charge in [0.25, 0.3) is 6.43 Å². The van der Waals surface area contributed by atoms with E-state index in [2.05, 4.69) is 0 Å². The maximum Gasteiger partial charge on any atom is 0.251 e. The van der Waals surface area contributed by atoms with Crippen LogP contribution in [0.1, 0.15) is 11.1 Å². The van der Waals surface area contributed by atoms with E-state index in [1.165, 1.54) is 0 Å². The number of benzene rings is 1. The summed E-state index contributed by atoms with van der Waals surface area (Å²) < 4.78 is 24.3. The van der Waals surface area contributed by atoms with Gasteiger partial charge in [0, 0.05) is 6.54 Å². The molecule has 0 bridgehead atoms. The van der Waals surface area contributed by atoms with E-state index >= 15 is 0 Å². The molecule has 0 aromatic heterocycles. The average molecular weight is 228 g/mol. The van der Waals surface area contributed by atoms with Crippen LogP contribution in [0.3, 0.4) is 0 Å². The fourth-order valence-electron chi connectivity index (χ4n) is 1.70. The van der Waals surface area contributed by atoms with Crippen LogP contribution in [0.5, 0.6) is 0 Å². The highest BCUT2D eigenvalue weighted by atomic mass is 19.3. The molecule has 0 atom stereocenters. The Morgan fingerprint density at radius 3 is 2.44 bits per heavy atom. The van der Waals surface area contributed by atoms with Gasteiger partial charge in [-0.3, -0.25) is 4.90 Å². The van der Waals surface area contributed by atoms with Gasteiger partial charge < -0.3 is 5.73 Å². The van der Waals surface area contributed by atoms with Crippen LogP contribution >= 0.6 is 0 Å². The van der Waals surface area contributed by atoms with Gasteiger partial charge in [0.1, 0.15) is 0 Å². The first-order valence-corrected chi connectivity index (χ1v) is 5.37. The molecule has 0 unspecified atom stereocenters. The van der Waals surface area contributed by atoms with E-state index in [1.54, 1.807) is 11.9 Å². The van der Waals surface area contributed by atoms with Gasteiger partial charge >= 0.3 is 0 Å². The zero-order valence-electron chi connectivity index (χ0n) is 9.50. The van der Waals surface area contributed by atoms with Gasteiger partial charge in [0.2, 0.25) is 0 Å². The first-order valence-electron chi connectivity index (χ1n) is 5.37. The lowest BCUT2D eigenvalue weighted by molar-refractivity contribution is 0.0974. The summed E-state index contributed by atoms with van der Waals surface area (Å²) in [7, 11) is 1.70. The van der Waals surface area contributed by atoms with Crippen LogP contribution in [0.2, 0.25) is 0 Å². The second-order valence-corrected chi connectivity index (χ2v) is 3.90. The van der Waals surface area contributed by atoms with E-state index in [4.69, 9.17) is 5.73 Å². The van der Waals surface area contributed by atoms with Gasteiger partial charge in [0.05, 0.1) is 6.54 Å². The summed E-state index contributed by atoms with van der Waals surface area (Å²) in [6.07, 6.45) is -1.50. The van der Waals surface area contributed by atoms with Crippen molar-refractivity contribution >= 4 is 0 Å². The number of halogens is 2. The molecule has 0 spiro atoms. The van der Waals surface area contributed by atoms with Gasteiger partial charge in [-0.15, -0.1) is 0 Å². The van der Waals surface area contributed by atoms with Crippen LogP contribution < -0.4 is 5.73 Å². The Balaban J connectivity index is 2.64. The van der Waals surface area contributed by atoms with Crippen molar-refractivity contribution in [2.24, 2.45) is 5.73 Å². The van der Waals surface area contributed by atoms with E-state index in [1.807, 2.05) is 24.3 Å². The van der Waals surface area contributed by atoms with Gasteiger partial charge in [-0.25, -0.2) is 8.78 Å². The third kappa shape index (κ3) is 4.24. The van der Waals surface area contributed by atoms with Crippen LogP contribution in [-0.2, 0) is 13.0 Å². The Morgan fingerprint density at radius 1 is 1.25 bits per heavy atom. The van der Waals surface area contributed by atoms with Crippen molar-refractivity contribution in [2.75, 3.05) is 20.1 Å². The molecule has 16 heavy (non-hydrogen) atoms. The number of hydrogen-bond acceptors (Lipinski definition) is 2. The molecule has 0 aliphatic heterocycles. The molecule has 90 valence electrons. The summed E-state index contributed by atoms with van der Waals surface area (Å²) in [6, 6.07) is 7.83. The highest BCUT2D eigenvalue weighted by molar-refractivity contribution is 5.27. The molecule has 1 aromatic rings. The SMILES string of the molecule is CN(Cc1ccccc1CCN)CC(F)F. The molecule has 0 aliphatic carbocycles. The standard InChI is InChI=1S/C12H18F2N2/c1-16(9-12(13)14)8-11-5-3-2-4-10(11)6-7-15/h2-5,12H,6-9,15H2,1H3. The van der Waals surface area contributed by atoms with E-state index in [-0.39, 0.29) is 6.54 Å². The fraction of sp³-hybridized carbons (Fsp3) is 0.500. The molecule has 0 saturated carbocycles. The molecule has 4 heteroatoms. The van der Waals surface area contributed by atoms with Crippen molar-refractivity contribution in [1.82, 2.24) is 4.90 Å². The smallest absolute Gasteiger partial charge is 0.251 e. The van der Waals surface area contributed by atoms with E-state index in [0.29, 0.717) is 13.1 Å². The van der Waals surface area contributed by atoms with Crippen LogP contribution in [0.25, 0.3) is 0 Å². The van der Waals surface area contributed by atoms with Crippen LogP contribution in [0, 0.1) is 0 Å². The lowest BCUT2D eigenvalue weighted by Crippen LogP contribution is -2.24. The predicted molar refractivity (Wildman–Crippen MR) is 61.5 cm³/mol. The first kappa shape index (κ1) is 13.1. The Bertz CT molecular complexity index is 316. The predicted octanol–water partition coefficient (Wildman–Crippen LogP) is 1.88. The van der Waals surface area contributed by atoms with Crippen LogP contribution in [0.15, 0.2) is 24.3 Å². The molecule has 0 fully saturated rings. The zero-order chi connectivity index (χ0) is 12.0. The summed E-state index contributed by atoms with van der Waals surface area (Å²) in [6.45, 7) is 0.924. The van der Waals surface area contributed by atoms with E-state index < -0.39 is 6.43 Å². The summed E-state index contributed by atoms with van der Waals surface area (Å²) >= 11 is 0. The van der Waals surface area contributed by atoms with E-state index in [9.17, 15) is 8.78 Å². The molecule has 1 aromatic carbocycles. The Morgan fingerprint density at radius 2 is 1.88 bits per heavy atom. The van der Waals surface area contributed by atoms with Gasteiger partial charge in [-0.1, -0.05) is 24.3 Å². The third-order valence-corrected chi connectivity index (χ3v) is 2.42. The molecule has 1 rings (SSSR count). The molecule has 0 heterocycles. The zero-order valence-corrected chi connectivity index (χ0v) is 9.50. The number of hydrogen-bond donors (Lipinski definition) is 1. The summed E-state index contributed by atoms with van der Waals surface area (Å²) in [5.41, 5.74) is 7.73. The summed E-state index contributed by atoms with van der Waals surface area (Å²) in [4.78, 5) is 1.63. The maximum atomic E-state index is 12.2. The van der Waals surface area contributed by atoms with Crippen molar-refractivity contribution < 1.29 is 8.78 Å². The highest BCUT2D eigenvalue weighted by Crippen LogP contribution is 2.12. The molecule has 0 amide bonds. The minimum Gasteiger partial charge on any atom is -0.330 e. The first-order chi connectivity index (χ1) is 7.63. The summed E-state index contributed by atoms with van der Waals surface area (Å²) in [5, 5.41) is 0. The molecule has 2 N–H and O–H groups in total. The number of nitrogens with zero attached hydrogens (tertiary/aromatic N) is 1. The minimum atomic E-state index is -2.29. The van der Waals surface area contributed by atoms with Crippen molar-refractivity contribution in [3.63, 3.8) is 0 Å². The third-order valence-electron chi connectivity index (χ3n) is 2.42. The quantitative estimate of drug-likeness (QED) is 0.805. The summed E-state index contributed by atoms with van der Waals surface area (Å²) in [5.74, 6) is 0. The second-order valence-electron chi connectivity index (χ2n) is 3.90. The molecule has 2 nitrogen and oxygen atoms in total. The van der Waals surface area contributed by atoms with Crippen molar-refractivity contribution in [1.29, 1.82) is 0 Å². The number of alkyl halides is 2. The van der Waals surface area contributed by atoms with Crippen molar-refractivity contribution in [2.45, 2.75) is 19.4 Å². The Hall–Kier alpha value is -1.00. The van der Waals surface area contributed by atoms with Crippen LogP contribution in [-0.4, -0.2) is 31.5 Å². The Labute approximate surface area is 95.1 Å². The molecule has 0 aliphatic rings. The van der Waals surface area contributed by atoms with Crippen molar-refractivity contribution in [3.8, 4) is 0 Å². The fourth-order valence-corrected chi connectivity index (χ4v) is 1.70. The van der Waals surface area contributed by atoms with Gasteiger partial charge in [0.15, 0.2) is 0 Å². The molecule has 0 radical (unpaired) electrons. The minimum absolute atomic E-state index is 0.197. The number of rotatable bonds is 6. The molecular weight excluding hydrogens is 210 g/mol. The second kappa shape index (κ2) is 6.55. The maximum absolute atomic E-state index is 12.2. The molecular formula is C12H18F2N2. The normalized spacial score (nSPS) is 11.4. The van der Waals surface area contributed by atoms with Crippen molar-refractivity contribution in [3.05, 3.63) is 35.4 Å². The molecule has 0 saturated heterocycles. The number of nitrogens with two attached hydrogens (primary N) is 1. The van der Waals surface area contributed by atoms with Gasteiger partial charge in [-0.2, -0.15) is 0 Å². The van der Waals surface area contributed by atoms with Gasteiger partial charge in [-0.05, 0) is 31.1 Å². The average Bonchev–Trinajstić information content (AvgIpc) is 2.20. The topological polar surface area (TPSA) is 29.3 Å². The highest BCUT2D eigenvalue weighted by Gasteiger charge is 2.09. The Kier molecular flexibility index (Phi) is 5.35. The lowest BCUT2D eigenvalue weighted by atomic mass is 10.0. The lowest BCUT2D eigenvalue weighted by Gasteiger charge is -2.18. The van der Waals surface area contributed by atoms with Crippen LogP contribution in [0.4, 0.5) is 8.78 Å².